The number of rotatable bonds is 8. The number of fused-ring (bicyclic) bond motifs is 1. The minimum absolute atomic E-state index is 0.111. The molecule has 1 aromatic rings. The zero-order valence-corrected chi connectivity index (χ0v) is 17.0. The summed E-state index contributed by atoms with van der Waals surface area (Å²) in [4.78, 5) is 16.7. The Kier molecular flexibility index (Phi) is 7.53. The monoisotopic (exact) mass is 373 g/mol. The van der Waals surface area contributed by atoms with E-state index in [4.69, 9.17) is 4.74 Å². The second kappa shape index (κ2) is 10.1. The Morgan fingerprint density at radius 3 is 2.78 bits per heavy atom. The number of piperazine rings is 1. The van der Waals surface area contributed by atoms with E-state index in [0.29, 0.717) is 25.6 Å². The van der Waals surface area contributed by atoms with E-state index >= 15 is 0 Å². The number of carbonyl (C=O) groups excluding carboxylic acids is 1. The third-order valence-electron chi connectivity index (χ3n) is 5.75. The first-order valence-corrected chi connectivity index (χ1v) is 10.7. The molecule has 1 fully saturated rings. The molecular formula is C22H35N3O2. The van der Waals surface area contributed by atoms with Crippen LogP contribution in [-0.4, -0.2) is 56.7 Å². The lowest BCUT2D eigenvalue weighted by Gasteiger charge is -2.37. The fourth-order valence-corrected chi connectivity index (χ4v) is 4.32. The first-order valence-electron chi connectivity index (χ1n) is 10.7. The maximum Gasteiger partial charge on any atom is 0.307 e. The molecule has 5 heteroatoms. The Balaban J connectivity index is 1.61. The van der Waals surface area contributed by atoms with Crippen LogP contribution < -0.4 is 10.2 Å². The number of esters is 1. The van der Waals surface area contributed by atoms with Gasteiger partial charge in [-0.1, -0.05) is 13.0 Å². The normalized spacial score (nSPS) is 20.4. The van der Waals surface area contributed by atoms with Crippen LogP contribution in [0.1, 0.15) is 56.7 Å². The van der Waals surface area contributed by atoms with E-state index in [1.165, 1.54) is 36.2 Å². The van der Waals surface area contributed by atoms with Crippen LogP contribution in [-0.2, 0) is 16.0 Å². The molecule has 1 unspecified atom stereocenters. The van der Waals surface area contributed by atoms with Gasteiger partial charge in [0, 0.05) is 44.5 Å². The number of carbonyl (C=O) groups is 1. The largest absolute Gasteiger partial charge is 0.466 e. The Bertz CT molecular complexity index is 612. The second-order valence-corrected chi connectivity index (χ2v) is 7.67. The summed E-state index contributed by atoms with van der Waals surface area (Å²) in [6, 6.07) is 7.37. The van der Waals surface area contributed by atoms with E-state index < -0.39 is 0 Å². The summed E-state index contributed by atoms with van der Waals surface area (Å²) in [6.07, 6.45) is 5.19. The van der Waals surface area contributed by atoms with Gasteiger partial charge in [0.15, 0.2) is 0 Å². The summed E-state index contributed by atoms with van der Waals surface area (Å²) in [7, 11) is 0. The highest BCUT2D eigenvalue weighted by molar-refractivity contribution is 5.69. The fraction of sp³-hybridized carbons (Fsp3) is 0.682. The molecule has 1 atom stereocenters. The van der Waals surface area contributed by atoms with Crippen LogP contribution in [0, 0.1) is 0 Å². The lowest BCUT2D eigenvalue weighted by molar-refractivity contribution is -0.143. The number of nitrogens with zero attached hydrogens (tertiary/aromatic N) is 2. The molecule has 0 spiro atoms. The van der Waals surface area contributed by atoms with Crippen LogP contribution in [0.3, 0.4) is 0 Å². The van der Waals surface area contributed by atoms with E-state index in [-0.39, 0.29) is 5.97 Å². The van der Waals surface area contributed by atoms with E-state index in [2.05, 4.69) is 40.2 Å². The van der Waals surface area contributed by atoms with Crippen LogP contribution in [0.5, 0.6) is 0 Å². The lowest BCUT2D eigenvalue weighted by Crippen LogP contribution is -2.46. The standard InChI is InChI=1S/C22H35N3O2/c1-3-12-24-13-15-25(16-14-24)19-9-8-18-6-5-7-21(20(18)17-19)23-11-10-22(26)27-4-2/h8-9,17,21,23H,3-7,10-16H2,1-2H3. The van der Waals surface area contributed by atoms with Crippen LogP contribution in [0.2, 0.25) is 0 Å². The van der Waals surface area contributed by atoms with Crippen LogP contribution >= 0.6 is 0 Å². The minimum atomic E-state index is -0.111. The molecule has 2 aliphatic rings. The Morgan fingerprint density at radius 1 is 1.22 bits per heavy atom. The van der Waals surface area contributed by atoms with Crippen molar-refractivity contribution < 1.29 is 9.53 Å². The molecule has 0 radical (unpaired) electrons. The van der Waals surface area contributed by atoms with Gasteiger partial charge in [-0.25, -0.2) is 0 Å². The fourth-order valence-electron chi connectivity index (χ4n) is 4.32. The van der Waals surface area contributed by atoms with Crippen molar-refractivity contribution in [2.75, 3.05) is 50.8 Å². The quantitative estimate of drug-likeness (QED) is 0.709. The molecule has 0 aromatic heterocycles. The maximum absolute atomic E-state index is 11.6. The number of hydrogen-bond acceptors (Lipinski definition) is 5. The zero-order valence-electron chi connectivity index (χ0n) is 17.0. The zero-order chi connectivity index (χ0) is 19.1. The van der Waals surface area contributed by atoms with Crippen molar-refractivity contribution in [1.29, 1.82) is 0 Å². The molecule has 0 bridgehead atoms. The van der Waals surface area contributed by atoms with E-state index in [9.17, 15) is 4.79 Å². The number of aryl methyl sites for hydroxylation is 1. The molecule has 1 saturated heterocycles. The number of benzene rings is 1. The summed E-state index contributed by atoms with van der Waals surface area (Å²) in [6.45, 7) is 11.0. The van der Waals surface area contributed by atoms with Gasteiger partial charge >= 0.3 is 5.97 Å². The van der Waals surface area contributed by atoms with Gasteiger partial charge in [0.25, 0.3) is 0 Å². The van der Waals surface area contributed by atoms with Crippen LogP contribution in [0.4, 0.5) is 5.69 Å². The van der Waals surface area contributed by atoms with E-state index in [1.807, 2.05) is 6.92 Å². The first-order chi connectivity index (χ1) is 13.2. The topological polar surface area (TPSA) is 44.8 Å². The third kappa shape index (κ3) is 5.45. The van der Waals surface area contributed by atoms with Gasteiger partial charge in [-0.3, -0.25) is 9.69 Å². The van der Waals surface area contributed by atoms with E-state index in [1.54, 1.807) is 0 Å². The number of ether oxygens (including phenoxy) is 1. The molecule has 1 aliphatic heterocycles. The number of anilines is 1. The molecule has 150 valence electrons. The third-order valence-corrected chi connectivity index (χ3v) is 5.75. The highest BCUT2D eigenvalue weighted by Gasteiger charge is 2.23. The molecular weight excluding hydrogens is 338 g/mol. The number of nitrogens with one attached hydrogen (secondary N) is 1. The summed E-state index contributed by atoms with van der Waals surface area (Å²) >= 11 is 0. The highest BCUT2D eigenvalue weighted by Crippen LogP contribution is 2.33. The molecule has 27 heavy (non-hydrogen) atoms. The average molecular weight is 374 g/mol. The summed E-state index contributed by atoms with van der Waals surface area (Å²) in [5.74, 6) is -0.111. The molecule has 0 saturated carbocycles. The highest BCUT2D eigenvalue weighted by atomic mass is 16.5. The van der Waals surface area contributed by atoms with Crippen molar-refractivity contribution in [1.82, 2.24) is 10.2 Å². The van der Waals surface area contributed by atoms with Crippen molar-refractivity contribution in [2.45, 2.75) is 52.0 Å². The smallest absolute Gasteiger partial charge is 0.307 e. The molecule has 1 N–H and O–H groups in total. The minimum Gasteiger partial charge on any atom is -0.466 e. The first kappa shape index (κ1) is 20.2. The van der Waals surface area contributed by atoms with Gasteiger partial charge in [0.1, 0.15) is 0 Å². The SMILES string of the molecule is CCCN1CCN(c2ccc3c(c2)C(NCCC(=O)OCC)CCC3)CC1. The van der Waals surface area contributed by atoms with Gasteiger partial charge in [-0.05, 0) is 62.4 Å². The van der Waals surface area contributed by atoms with Crippen molar-refractivity contribution in [3.05, 3.63) is 29.3 Å². The van der Waals surface area contributed by atoms with Crippen molar-refractivity contribution in [3.63, 3.8) is 0 Å². The second-order valence-electron chi connectivity index (χ2n) is 7.67. The van der Waals surface area contributed by atoms with Crippen LogP contribution in [0.25, 0.3) is 0 Å². The van der Waals surface area contributed by atoms with Crippen molar-refractivity contribution >= 4 is 11.7 Å². The van der Waals surface area contributed by atoms with Gasteiger partial charge in [0.05, 0.1) is 13.0 Å². The van der Waals surface area contributed by atoms with Gasteiger partial charge in [-0.2, -0.15) is 0 Å². The predicted molar refractivity (Wildman–Crippen MR) is 110 cm³/mol. The molecule has 1 aliphatic carbocycles. The van der Waals surface area contributed by atoms with Gasteiger partial charge in [0.2, 0.25) is 0 Å². The molecule has 1 heterocycles. The van der Waals surface area contributed by atoms with Gasteiger partial charge < -0.3 is 15.0 Å². The van der Waals surface area contributed by atoms with Crippen molar-refractivity contribution in [3.8, 4) is 0 Å². The molecule has 1 aromatic carbocycles. The predicted octanol–water partition coefficient (Wildman–Crippen LogP) is 3.14. The average Bonchev–Trinajstić information content (AvgIpc) is 2.69. The maximum atomic E-state index is 11.6. The van der Waals surface area contributed by atoms with Crippen LogP contribution in [0.15, 0.2) is 18.2 Å². The number of hydrogen-bond donors (Lipinski definition) is 1. The van der Waals surface area contributed by atoms with E-state index in [0.717, 1.165) is 39.0 Å². The Morgan fingerprint density at radius 2 is 2.04 bits per heavy atom. The molecule has 3 rings (SSSR count). The molecule has 0 amide bonds. The van der Waals surface area contributed by atoms with Crippen molar-refractivity contribution in [2.24, 2.45) is 0 Å². The Hall–Kier alpha value is -1.59. The van der Waals surface area contributed by atoms with Gasteiger partial charge in [-0.15, -0.1) is 0 Å². The Labute approximate surface area is 164 Å². The summed E-state index contributed by atoms with van der Waals surface area (Å²) in [5, 5.41) is 3.59. The summed E-state index contributed by atoms with van der Waals surface area (Å²) < 4.78 is 5.04. The summed E-state index contributed by atoms with van der Waals surface area (Å²) in [5.41, 5.74) is 4.24. The molecule has 5 nitrogen and oxygen atoms in total. The lowest BCUT2D eigenvalue weighted by atomic mass is 9.87.